The van der Waals surface area contributed by atoms with Crippen molar-refractivity contribution in [3.05, 3.63) is 58.1 Å². The number of hydrogen-bond acceptors (Lipinski definition) is 4. The zero-order valence-electron chi connectivity index (χ0n) is 15.3. The molecule has 0 saturated carbocycles. The molecule has 0 bridgehead atoms. The summed E-state index contributed by atoms with van der Waals surface area (Å²) in [5.41, 5.74) is 3.53. The van der Waals surface area contributed by atoms with E-state index in [1.807, 2.05) is 18.2 Å². The summed E-state index contributed by atoms with van der Waals surface area (Å²) in [6, 6.07) is 10.2. The Kier molecular flexibility index (Phi) is 5.42. The molecule has 1 N–H and O–H groups in total. The van der Waals surface area contributed by atoms with Gasteiger partial charge in [-0.3, -0.25) is 4.79 Å². The molecule has 1 amide bonds. The van der Waals surface area contributed by atoms with E-state index < -0.39 is 10.0 Å². The van der Waals surface area contributed by atoms with Crippen molar-refractivity contribution in [3.8, 4) is 0 Å². The van der Waals surface area contributed by atoms with Crippen LogP contribution in [0.25, 0.3) is 0 Å². The molecule has 28 heavy (non-hydrogen) atoms. The number of nitrogens with zero attached hydrogens (tertiary/aromatic N) is 1. The number of aryl methyl sites for hydroxylation is 2. The van der Waals surface area contributed by atoms with E-state index in [0.717, 1.165) is 19.3 Å². The first-order valence-corrected chi connectivity index (χ1v) is 11.1. The minimum atomic E-state index is -3.79. The van der Waals surface area contributed by atoms with Gasteiger partial charge in [-0.25, -0.2) is 8.42 Å². The number of halogens is 1. The first-order valence-electron chi connectivity index (χ1n) is 9.26. The largest absolute Gasteiger partial charge is 0.379 e. The molecule has 0 aromatic heterocycles. The molecule has 0 radical (unpaired) electrons. The Labute approximate surface area is 169 Å². The molecule has 0 spiro atoms. The summed E-state index contributed by atoms with van der Waals surface area (Å²) in [5.74, 6) is -0.368. The second kappa shape index (κ2) is 7.83. The van der Waals surface area contributed by atoms with Gasteiger partial charge in [-0.2, -0.15) is 4.31 Å². The maximum Gasteiger partial charge on any atom is 0.255 e. The number of rotatable bonds is 4. The lowest BCUT2D eigenvalue weighted by Crippen LogP contribution is -2.40. The minimum absolute atomic E-state index is 0.0577. The first kappa shape index (κ1) is 19.4. The maximum atomic E-state index is 12.9. The fourth-order valence-electron chi connectivity index (χ4n) is 3.62. The standard InChI is InChI=1S/C20H21ClN2O4S/c21-18-7-5-16(13-19(18)28(25,26)23-8-10-27-11-9-23)20(24)22-17-6-4-14-2-1-3-15(14)12-17/h4-7,12-13H,1-3,8-11H2,(H,22,24). The van der Waals surface area contributed by atoms with E-state index in [2.05, 4.69) is 5.32 Å². The van der Waals surface area contributed by atoms with Gasteiger partial charge in [0.25, 0.3) is 5.91 Å². The number of nitrogens with one attached hydrogen (secondary N) is 1. The number of benzene rings is 2. The summed E-state index contributed by atoms with van der Waals surface area (Å²) in [6.45, 7) is 1.22. The van der Waals surface area contributed by atoms with Crippen LogP contribution in [0.5, 0.6) is 0 Å². The molecule has 1 saturated heterocycles. The van der Waals surface area contributed by atoms with Gasteiger partial charge in [0.1, 0.15) is 4.90 Å². The predicted octanol–water partition coefficient (Wildman–Crippen LogP) is 3.10. The van der Waals surface area contributed by atoms with E-state index in [4.69, 9.17) is 16.3 Å². The van der Waals surface area contributed by atoms with Gasteiger partial charge in [0.2, 0.25) is 10.0 Å². The number of carbonyl (C=O) groups excluding carboxylic acids is 1. The fraction of sp³-hybridized carbons (Fsp3) is 0.350. The molecule has 1 heterocycles. The maximum absolute atomic E-state index is 12.9. The Morgan fingerprint density at radius 2 is 1.79 bits per heavy atom. The van der Waals surface area contributed by atoms with Crippen LogP contribution in [0.4, 0.5) is 5.69 Å². The highest BCUT2D eigenvalue weighted by Crippen LogP contribution is 2.28. The van der Waals surface area contributed by atoms with E-state index in [9.17, 15) is 13.2 Å². The van der Waals surface area contributed by atoms with Crippen molar-refractivity contribution in [2.45, 2.75) is 24.2 Å². The van der Waals surface area contributed by atoms with Gasteiger partial charge < -0.3 is 10.1 Å². The highest BCUT2D eigenvalue weighted by molar-refractivity contribution is 7.89. The number of ether oxygens (including phenoxy) is 1. The molecule has 1 aliphatic heterocycles. The number of amides is 1. The van der Waals surface area contributed by atoms with E-state index in [0.29, 0.717) is 18.9 Å². The van der Waals surface area contributed by atoms with Crippen LogP contribution in [0.15, 0.2) is 41.3 Å². The highest BCUT2D eigenvalue weighted by atomic mass is 35.5. The SMILES string of the molecule is O=C(Nc1ccc2c(c1)CCC2)c1ccc(Cl)c(S(=O)(=O)N2CCOCC2)c1. The van der Waals surface area contributed by atoms with Gasteiger partial charge in [-0.1, -0.05) is 17.7 Å². The van der Waals surface area contributed by atoms with Crippen molar-refractivity contribution < 1.29 is 17.9 Å². The van der Waals surface area contributed by atoms with Crippen LogP contribution in [-0.4, -0.2) is 44.9 Å². The summed E-state index contributed by atoms with van der Waals surface area (Å²) < 4.78 is 32.4. The molecule has 2 aromatic carbocycles. The molecule has 2 aliphatic rings. The predicted molar refractivity (Wildman–Crippen MR) is 107 cm³/mol. The van der Waals surface area contributed by atoms with Crippen molar-refractivity contribution in [2.75, 3.05) is 31.6 Å². The van der Waals surface area contributed by atoms with Crippen molar-refractivity contribution >= 4 is 33.2 Å². The van der Waals surface area contributed by atoms with Crippen LogP contribution >= 0.6 is 11.6 Å². The third-order valence-electron chi connectivity index (χ3n) is 5.14. The number of fused-ring (bicyclic) bond motifs is 1. The third kappa shape index (κ3) is 3.80. The third-order valence-corrected chi connectivity index (χ3v) is 7.52. The van der Waals surface area contributed by atoms with Crippen molar-refractivity contribution in [1.82, 2.24) is 4.31 Å². The van der Waals surface area contributed by atoms with Crippen LogP contribution in [0.3, 0.4) is 0 Å². The molecule has 2 aromatic rings. The quantitative estimate of drug-likeness (QED) is 0.824. The normalized spacial score (nSPS) is 17.3. The van der Waals surface area contributed by atoms with Crippen LogP contribution in [-0.2, 0) is 27.6 Å². The summed E-state index contributed by atoms with van der Waals surface area (Å²) in [4.78, 5) is 12.6. The van der Waals surface area contributed by atoms with Gasteiger partial charge in [0.05, 0.1) is 18.2 Å². The van der Waals surface area contributed by atoms with Crippen LogP contribution < -0.4 is 5.32 Å². The lowest BCUT2D eigenvalue weighted by molar-refractivity contribution is 0.0730. The lowest BCUT2D eigenvalue weighted by atomic mass is 10.1. The topological polar surface area (TPSA) is 75.7 Å². The summed E-state index contributed by atoms with van der Waals surface area (Å²) in [6.07, 6.45) is 3.22. The van der Waals surface area contributed by atoms with Crippen molar-refractivity contribution in [3.63, 3.8) is 0 Å². The number of morpholine rings is 1. The second-order valence-corrected chi connectivity index (χ2v) is 9.27. The van der Waals surface area contributed by atoms with Crippen LogP contribution in [0.2, 0.25) is 5.02 Å². The van der Waals surface area contributed by atoms with Gasteiger partial charge >= 0.3 is 0 Å². The Balaban J connectivity index is 1.58. The summed E-state index contributed by atoms with van der Waals surface area (Å²) in [7, 11) is -3.79. The highest BCUT2D eigenvalue weighted by Gasteiger charge is 2.29. The average molecular weight is 421 g/mol. The average Bonchev–Trinajstić information content (AvgIpc) is 3.16. The molecular formula is C20H21ClN2O4S. The zero-order chi connectivity index (χ0) is 19.7. The van der Waals surface area contributed by atoms with Crippen molar-refractivity contribution in [1.29, 1.82) is 0 Å². The van der Waals surface area contributed by atoms with Gasteiger partial charge in [-0.15, -0.1) is 0 Å². The second-order valence-electron chi connectivity index (χ2n) is 6.95. The van der Waals surface area contributed by atoms with E-state index in [1.54, 1.807) is 0 Å². The fourth-order valence-corrected chi connectivity index (χ4v) is 5.53. The van der Waals surface area contributed by atoms with Crippen LogP contribution in [0.1, 0.15) is 27.9 Å². The Morgan fingerprint density at radius 3 is 2.57 bits per heavy atom. The van der Waals surface area contributed by atoms with Gasteiger partial charge in [0, 0.05) is 24.3 Å². The van der Waals surface area contributed by atoms with Crippen LogP contribution in [0, 0.1) is 0 Å². The molecule has 0 atom stereocenters. The summed E-state index contributed by atoms with van der Waals surface area (Å²) >= 11 is 6.16. The van der Waals surface area contributed by atoms with Gasteiger partial charge in [0.15, 0.2) is 0 Å². The molecule has 8 heteroatoms. The minimum Gasteiger partial charge on any atom is -0.379 e. The number of hydrogen-bond donors (Lipinski definition) is 1. The molecule has 148 valence electrons. The van der Waals surface area contributed by atoms with E-state index in [1.165, 1.54) is 33.6 Å². The summed E-state index contributed by atoms with van der Waals surface area (Å²) in [5, 5.41) is 2.95. The molecular weight excluding hydrogens is 400 g/mol. The Bertz CT molecular complexity index is 1020. The van der Waals surface area contributed by atoms with Crippen molar-refractivity contribution in [2.24, 2.45) is 0 Å². The molecule has 6 nitrogen and oxygen atoms in total. The molecule has 1 aliphatic carbocycles. The monoisotopic (exact) mass is 420 g/mol. The van der Waals surface area contributed by atoms with E-state index >= 15 is 0 Å². The Hall–Kier alpha value is -1.93. The molecule has 1 fully saturated rings. The van der Waals surface area contributed by atoms with Gasteiger partial charge in [-0.05, 0) is 60.7 Å². The van der Waals surface area contributed by atoms with E-state index in [-0.39, 0.29) is 34.5 Å². The number of anilines is 1. The first-order chi connectivity index (χ1) is 13.4. The smallest absolute Gasteiger partial charge is 0.255 e. The lowest BCUT2D eigenvalue weighted by Gasteiger charge is -2.26. The molecule has 4 rings (SSSR count). The number of sulfonamides is 1. The molecule has 0 unspecified atom stereocenters. The number of carbonyl (C=O) groups is 1. The Morgan fingerprint density at radius 1 is 1.04 bits per heavy atom. The zero-order valence-corrected chi connectivity index (χ0v) is 16.9.